The van der Waals surface area contributed by atoms with Crippen LogP contribution in [0.2, 0.25) is 0 Å². The van der Waals surface area contributed by atoms with Crippen LogP contribution in [0, 0.1) is 5.82 Å². The Morgan fingerprint density at radius 3 is 2.75 bits per heavy atom. The van der Waals surface area contributed by atoms with E-state index in [4.69, 9.17) is 4.74 Å². The standard InChI is InChI=1S/C21H21FN2O2S2/c1-13(2)27-17-6-3-14(4-7-17)9-20(25)26-16-11-24(12-16)21-23-18-8-5-15(22)10-19(18)28-21/h3-8,10,13,16H,9,11-12H2,1-2H3. The van der Waals surface area contributed by atoms with Crippen LogP contribution in [0.4, 0.5) is 9.52 Å². The van der Waals surface area contributed by atoms with Gasteiger partial charge in [0.1, 0.15) is 11.9 Å². The Morgan fingerprint density at radius 1 is 1.29 bits per heavy atom. The number of fused-ring (bicyclic) bond motifs is 1. The van der Waals surface area contributed by atoms with E-state index >= 15 is 0 Å². The lowest BCUT2D eigenvalue weighted by Crippen LogP contribution is -2.53. The maximum atomic E-state index is 13.3. The van der Waals surface area contributed by atoms with Crippen molar-refractivity contribution in [1.29, 1.82) is 0 Å². The molecule has 3 aromatic rings. The predicted octanol–water partition coefficient (Wildman–Crippen LogP) is 4.91. The summed E-state index contributed by atoms with van der Waals surface area (Å²) in [4.78, 5) is 20.0. The van der Waals surface area contributed by atoms with Crippen molar-refractivity contribution in [3.63, 3.8) is 0 Å². The minimum absolute atomic E-state index is 0.119. The van der Waals surface area contributed by atoms with Crippen LogP contribution in [0.3, 0.4) is 0 Å². The summed E-state index contributed by atoms with van der Waals surface area (Å²) in [7, 11) is 0. The average molecular weight is 417 g/mol. The first-order chi connectivity index (χ1) is 13.5. The monoisotopic (exact) mass is 416 g/mol. The van der Waals surface area contributed by atoms with E-state index in [1.54, 1.807) is 17.8 Å². The molecule has 7 heteroatoms. The molecule has 1 saturated heterocycles. The summed E-state index contributed by atoms with van der Waals surface area (Å²) in [5.41, 5.74) is 1.75. The van der Waals surface area contributed by atoms with Gasteiger partial charge in [-0.1, -0.05) is 37.3 Å². The van der Waals surface area contributed by atoms with Crippen molar-refractivity contribution in [3.8, 4) is 0 Å². The molecular formula is C21H21FN2O2S2. The van der Waals surface area contributed by atoms with E-state index in [1.165, 1.54) is 28.4 Å². The first-order valence-electron chi connectivity index (χ1n) is 9.22. The predicted molar refractivity (Wildman–Crippen MR) is 113 cm³/mol. The molecule has 1 fully saturated rings. The summed E-state index contributed by atoms with van der Waals surface area (Å²) in [6, 6.07) is 12.7. The Bertz CT molecular complexity index is 982. The van der Waals surface area contributed by atoms with Gasteiger partial charge in [-0.15, -0.1) is 11.8 Å². The number of hydrogen-bond donors (Lipinski definition) is 0. The molecule has 0 spiro atoms. The zero-order valence-corrected chi connectivity index (χ0v) is 17.4. The second kappa shape index (κ2) is 8.09. The lowest BCUT2D eigenvalue weighted by atomic mass is 10.1. The van der Waals surface area contributed by atoms with Gasteiger partial charge in [0.05, 0.1) is 29.7 Å². The summed E-state index contributed by atoms with van der Waals surface area (Å²) in [5, 5.41) is 1.37. The normalized spacial score (nSPS) is 14.5. The minimum Gasteiger partial charge on any atom is -0.458 e. The van der Waals surface area contributed by atoms with Crippen molar-refractivity contribution in [1.82, 2.24) is 4.98 Å². The number of thiazole rings is 1. The van der Waals surface area contributed by atoms with Gasteiger partial charge in [0.2, 0.25) is 0 Å². The maximum absolute atomic E-state index is 13.3. The van der Waals surface area contributed by atoms with Crippen molar-refractivity contribution >= 4 is 44.4 Å². The number of ether oxygens (including phenoxy) is 1. The molecule has 0 radical (unpaired) electrons. The molecule has 28 heavy (non-hydrogen) atoms. The second-order valence-corrected chi connectivity index (χ2v) is 9.77. The van der Waals surface area contributed by atoms with Gasteiger partial charge < -0.3 is 9.64 Å². The third-order valence-electron chi connectivity index (χ3n) is 4.40. The highest BCUT2D eigenvalue weighted by molar-refractivity contribution is 7.99. The van der Waals surface area contributed by atoms with Crippen LogP contribution < -0.4 is 4.90 Å². The number of carbonyl (C=O) groups excluding carboxylic acids is 1. The Kier molecular flexibility index (Phi) is 5.55. The van der Waals surface area contributed by atoms with Crippen LogP contribution in [-0.2, 0) is 16.0 Å². The van der Waals surface area contributed by atoms with Crippen molar-refractivity contribution in [2.75, 3.05) is 18.0 Å². The number of carbonyl (C=O) groups is 1. The van der Waals surface area contributed by atoms with E-state index in [2.05, 4.69) is 23.7 Å². The van der Waals surface area contributed by atoms with Crippen LogP contribution in [0.15, 0.2) is 47.4 Å². The molecule has 0 saturated carbocycles. The highest BCUT2D eigenvalue weighted by Crippen LogP contribution is 2.32. The minimum atomic E-state index is -0.256. The van der Waals surface area contributed by atoms with Gasteiger partial charge in [0, 0.05) is 10.1 Å². The molecule has 146 valence electrons. The van der Waals surface area contributed by atoms with E-state index in [0.717, 1.165) is 20.9 Å². The number of rotatable bonds is 6. The van der Waals surface area contributed by atoms with E-state index in [-0.39, 0.29) is 24.3 Å². The maximum Gasteiger partial charge on any atom is 0.310 e. The molecule has 2 aromatic carbocycles. The summed E-state index contributed by atoms with van der Waals surface area (Å²) >= 11 is 3.26. The summed E-state index contributed by atoms with van der Waals surface area (Å²) in [6.45, 7) is 5.56. The van der Waals surface area contributed by atoms with Crippen LogP contribution >= 0.6 is 23.1 Å². The number of thioether (sulfide) groups is 1. The van der Waals surface area contributed by atoms with Gasteiger partial charge in [-0.3, -0.25) is 4.79 Å². The van der Waals surface area contributed by atoms with Crippen LogP contribution in [0.5, 0.6) is 0 Å². The first kappa shape index (κ1) is 19.2. The second-order valence-electron chi connectivity index (χ2n) is 7.11. The van der Waals surface area contributed by atoms with Gasteiger partial charge in [0.15, 0.2) is 5.13 Å². The SMILES string of the molecule is CC(C)Sc1ccc(CC(=O)OC2CN(c3nc4ccc(F)cc4s3)C2)cc1. The first-order valence-corrected chi connectivity index (χ1v) is 10.9. The Morgan fingerprint density at radius 2 is 2.04 bits per heavy atom. The number of halogens is 1. The summed E-state index contributed by atoms with van der Waals surface area (Å²) in [5.74, 6) is -0.464. The van der Waals surface area contributed by atoms with Crippen molar-refractivity contribution < 1.29 is 13.9 Å². The quantitative estimate of drug-likeness (QED) is 0.422. The molecule has 4 nitrogen and oxygen atoms in total. The zero-order chi connectivity index (χ0) is 19.7. The fraction of sp³-hybridized carbons (Fsp3) is 0.333. The molecule has 1 aromatic heterocycles. The number of benzene rings is 2. The third kappa shape index (κ3) is 4.47. The van der Waals surface area contributed by atoms with E-state index in [0.29, 0.717) is 18.3 Å². The molecule has 4 rings (SSSR count). The zero-order valence-electron chi connectivity index (χ0n) is 15.7. The van der Waals surface area contributed by atoms with Gasteiger partial charge in [-0.2, -0.15) is 0 Å². The highest BCUT2D eigenvalue weighted by atomic mass is 32.2. The average Bonchev–Trinajstić information content (AvgIpc) is 3.01. The molecule has 1 aliphatic heterocycles. The largest absolute Gasteiger partial charge is 0.458 e. The summed E-state index contributed by atoms with van der Waals surface area (Å²) in [6.07, 6.45) is 0.163. The van der Waals surface area contributed by atoms with Gasteiger partial charge >= 0.3 is 5.97 Å². The number of esters is 1. The van der Waals surface area contributed by atoms with E-state index in [1.807, 2.05) is 24.3 Å². The van der Waals surface area contributed by atoms with Gasteiger partial charge in [0.25, 0.3) is 0 Å². The van der Waals surface area contributed by atoms with Crippen molar-refractivity contribution in [2.24, 2.45) is 0 Å². The van der Waals surface area contributed by atoms with Gasteiger partial charge in [-0.25, -0.2) is 9.37 Å². The molecule has 0 aliphatic carbocycles. The van der Waals surface area contributed by atoms with E-state index < -0.39 is 0 Å². The molecule has 0 amide bonds. The van der Waals surface area contributed by atoms with Crippen LogP contribution in [0.1, 0.15) is 19.4 Å². The Balaban J connectivity index is 1.27. The molecule has 0 atom stereocenters. The fourth-order valence-corrected chi connectivity index (χ4v) is 4.89. The van der Waals surface area contributed by atoms with Crippen molar-refractivity contribution in [3.05, 3.63) is 53.8 Å². The summed E-state index contributed by atoms with van der Waals surface area (Å²) < 4.78 is 19.7. The fourth-order valence-electron chi connectivity index (χ4n) is 3.04. The third-order valence-corrected chi connectivity index (χ3v) is 6.49. The molecule has 1 aliphatic rings. The number of anilines is 1. The molecular weight excluding hydrogens is 395 g/mol. The molecule has 0 bridgehead atoms. The van der Waals surface area contributed by atoms with Crippen molar-refractivity contribution in [2.45, 2.75) is 36.5 Å². The van der Waals surface area contributed by atoms with E-state index in [9.17, 15) is 9.18 Å². The molecule has 0 unspecified atom stereocenters. The van der Waals surface area contributed by atoms with Crippen LogP contribution in [-0.4, -0.2) is 35.4 Å². The lowest BCUT2D eigenvalue weighted by molar-refractivity contribution is -0.149. The molecule has 2 heterocycles. The van der Waals surface area contributed by atoms with Crippen LogP contribution in [0.25, 0.3) is 10.2 Å². The smallest absolute Gasteiger partial charge is 0.310 e. The Labute approximate surface area is 171 Å². The van der Waals surface area contributed by atoms with Gasteiger partial charge in [-0.05, 0) is 35.9 Å². The number of aromatic nitrogens is 1. The molecule has 0 N–H and O–H groups in total. The lowest BCUT2D eigenvalue weighted by Gasteiger charge is -2.38. The Hall–Kier alpha value is -2.12. The highest BCUT2D eigenvalue weighted by Gasteiger charge is 2.32. The topological polar surface area (TPSA) is 42.4 Å². The number of nitrogens with zero attached hydrogens (tertiary/aromatic N) is 2. The number of hydrogen-bond acceptors (Lipinski definition) is 6.